The van der Waals surface area contributed by atoms with Gasteiger partial charge in [0.05, 0.1) is 5.56 Å². The van der Waals surface area contributed by atoms with Gasteiger partial charge in [-0.15, -0.1) is 0 Å². The first-order valence-electron chi connectivity index (χ1n) is 7.14. The highest BCUT2D eigenvalue weighted by Crippen LogP contribution is 2.33. The number of alkyl halides is 3. The van der Waals surface area contributed by atoms with Crippen LogP contribution in [-0.4, -0.2) is 55.0 Å². The van der Waals surface area contributed by atoms with Crippen molar-refractivity contribution in [1.82, 2.24) is 20.5 Å². The van der Waals surface area contributed by atoms with E-state index in [1.54, 1.807) is 14.1 Å². The van der Waals surface area contributed by atoms with Gasteiger partial charge < -0.3 is 20.9 Å². The molecule has 10 heteroatoms. The van der Waals surface area contributed by atoms with E-state index in [0.717, 1.165) is 6.07 Å². The van der Waals surface area contributed by atoms with Crippen LogP contribution < -0.4 is 16.0 Å². The Balaban J connectivity index is 2.42. The second-order valence-corrected chi connectivity index (χ2v) is 5.18. The van der Waals surface area contributed by atoms with Gasteiger partial charge in [-0.05, 0) is 19.1 Å². The molecule has 0 bridgehead atoms. The maximum absolute atomic E-state index is 12.8. The number of anilines is 1. The number of urea groups is 1. The summed E-state index contributed by atoms with van der Waals surface area (Å²) in [6.07, 6.45) is -3.27. The third-order valence-electron chi connectivity index (χ3n) is 2.97. The summed E-state index contributed by atoms with van der Waals surface area (Å²) in [7, 11) is 3.13. The van der Waals surface area contributed by atoms with E-state index >= 15 is 0 Å². The molecular weight excluding hydrogens is 327 g/mol. The molecule has 1 aromatic heterocycles. The first-order valence-corrected chi connectivity index (χ1v) is 7.14. The largest absolute Gasteiger partial charge is 0.419 e. The number of halogens is 3. The van der Waals surface area contributed by atoms with Crippen LogP contribution in [0.3, 0.4) is 0 Å². The standard InChI is InChI=1S/C14H20F3N5O2/c1-9(12(23)22(2)3)21-13(24)20-8-7-19-11-10(14(15,16)17)5-4-6-18-11/h4-6,9H,7-8H2,1-3H3,(H,18,19)(H2,20,21,24)/t9-/m0/s1. The van der Waals surface area contributed by atoms with E-state index < -0.39 is 23.8 Å². The van der Waals surface area contributed by atoms with Gasteiger partial charge in [0, 0.05) is 33.4 Å². The van der Waals surface area contributed by atoms with Gasteiger partial charge in [-0.1, -0.05) is 0 Å². The minimum absolute atomic E-state index is 0.0452. The van der Waals surface area contributed by atoms with Crippen molar-refractivity contribution >= 4 is 17.8 Å². The molecule has 0 fully saturated rings. The summed E-state index contributed by atoms with van der Waals surface area (Å²) < 4.78 is 38.3. The minimum Gasteiger partial charge on any atom is -0.368 e. The predicted octanol–water partition coefficient (Wildman–Crippen LogP) is 1.29. The average Bonchev–Trinajstić information content (AvgIpc) is 2.50. The molecule has 1 atom stereocenters. The molecule has 0 spiro atoms. The molecule has 0 aromatic carbocycles. The molecule has 0 aliphatic carbocycles. The number of likely N-dealkylation sites (N-methyl/N-ethyl adjacent to an activating group) is 1. The lowest BCUT2D eigenvalue weighted by molar-refractivity contribution is -0.137. The van der Waals surface area contributed by atoms with Gasteiger partial charge in [-0.3, -0.25) is 4.79 Å². The molecule has 1 heterocycles. The van der Waals surface area contributed by atoms with E-state index in [1.807, 2.05) is 0 Å². The first kappa shape index (κ1) is 19.5. The zero-order valence-corrected chi connectivity index (χ0v) is 13.6. The number of nitrogens with one attached hydrogen (secondary N) is 3. The summed E-state index contributed by atoms with van der Waals surface area (Å²) in [5, 5.41) is 7.39. The number of nitrogens with zero attached hydrogens (tertiary/aromatic N) is 2. The number of carbonyl (C=O) groups is 2. The molecule has 3 N–H and O–H groups in total. The van der Waals surface area contributed by atoms with Crippen molar-refractivity contribution in [2.45, 2.75) is 19.1 Å². The van der Waals surface area contributed by atoms with Crippen LogP contribution in [0.1, 0.15) is 12.5 Å². The normalized spacial score (nSPS) is 12.2. The highest BCUT2D eigenvalue weighted by Gasteiger charge is 2.33. The summed E-state index contributed by atoms with van der Waals surface area (Å²) in [6, 6.07) is 0.824. The SMILES string of the molecule is C[C@H](NC(=O)NCCNc1ncccc1C(F)(F)F)C(=O)N(C)C. The van der Waals surface area contributed by atoms with Gasteiger partial charge in [0.15, 0.2) is 0 Å². The van der Waals surface area contributed by atoms with E-state index in [2.05, 4.69) is 20.9 Å². The van der Waals surface area contributed by atoms with Crippen molar-refractivity contribution in [3.8, 4) is 0 Å². The van der Waals surface area contributed by atoms with Crippen molar-refractivity contribution < 1.29 is 22.8 Å². The average molecular weight is 347 g/mol. The molecule has 0 saturated carbocycles. The summed E-state index contributed by atoms with van der Waals surface area (Å²) in [5.41, 5.74) is -0.875. The summed E-state index contributed by atoms with van der Waals surface area (Å²) >= 11 is 0. The molecular formula is C14H20F3N5O2. The van der Waals surface area contributed by atoms with Crippen LogP contribution >= 0.6 is 0 Å². The molecule has 1 rings (SSSR count). The van der Waals surface area contributed by atoms with Gasteiger partial charge >= 0.3 is 12.2 Å². The highest BCUT2D eigenvalue weighted by atomic mass is 19.4. The Bertz CT molecular complexity index is 578. The second-order valence-electron chi connectivity index (χ2n) is 5.18. The Morgan fingerprint density at radius 1 is 1.29 bits per heavy atom. The molecule has 24 heavy (non-hydrogen) atoms. The van der Waals surface area contributed by atoms with Crippen LogP contribution in [0.4, 0.5) is 23.8 Å². The Hall–Kier alpha value is -2.52. The lowest BCUT2D eigenvalue weighted by Gasteiger charge is -2.18. The molecule has 0 radical (unpaired) electrons. The summed E-state index contributed by atoms with van der Waals surface area (Å²) in [5.74, 6) is -0.574. The molecule has 1 aromatic rings. The second kappa shape index (κ2) is 8.37. The quantitative estimate of drug-likeness (QED) is 0.677. The van der Waals surface area contributed by atoms with Gasteiger partial charge in [0.25, 0.3) is 0 Å². The van der Waals surface area contributed by atoms with Crippen LogP contribution in [0.5, 0.6) is 0 Å². The van der Waals surface area contributed by atoms with Crippen LogP contribution in [0.25, 0.3) is 0 Å². The third-order valence-corrected chi connectivity index (χ3v) is 2.97. The monoisotopic (exact) mass is 347 g/mol. The van der Waals surface area contributed by atoms with Crippen LogP contribution in [-0.2, 0) is 11.0 Å². The van der Waals surface area contributed by atoms with Gasteiger partial charge in [-0.2, -0.15) is 13.2 Å². The van der Waals surface area contributed by atoms with Crippen LogP contribution in [0.2, 0.25) is 0 Å². The van der Waals surface area contributed by atoms with Crippen LogP contribution in [0, 0.1) is 0 Å². The van der Waals surface area contributed by atoms with Gasteiger partial charge in [0.2, 0.25) is 5.91 Å². The van der Waals surface area contributed by atoms with Gasteiger partial charge in [0.1, 0.15) is 11.9 Å². The lowest BCUT2D eigenvalue weighted by Crippen LogP contribution is -2.48. The molecule has 0 saturated heterocycles. The van der Waals surface area contributed by atoms with E-state index in [1.165, 1.54) is 24.1 Å². The number of hydrogen-bond donors (Lipinski definition) is 3. The Kier molecular flexibility index (Phi) is 6.81. The number of hydrogen-bond acceptors (Lipinski definition) is 4. The molecule has 7 nitrogen and oxygen atoms in total. The maximum Gasteiger partial charge on any atom is 0.419 e. The fourth-order valence-electron chi connectivity index (χ4n) is 1.83. The predicted molar refractivity (Wildman–Crippen MR) is 82.4 cm³/mol. The van der Waals surface area contributed by atoms with E-state index in [0.29, 0.717) is 0 Å². The molecule has 0 unspecified atom stereocenters. The summed E-state index contributed by atoms with van der Waals surface area (Å²) in [4.78, 5) is 28.2. The number of aromatic nitrogens is 1. The van der Waals surface area contributed by atoms with E-state index in [9.17, 15) is 22.8 Å². The Labute approximate surface area is 137 Å². The Morgan fingerprint density at radius 2 is 1.96 bits per heavy atom. The lowest BCUT2D eigenvalue weighted by atomic mass is 10.2. The van der Waals surface area contributed by atoms with Crippen LogP contribution in [0.15, 0.2) is 18.3 Å². The zero-order chi connectivity index (χ0) is 18.3. The molecule has 0 aliphatic heterocycles. The van der Waals surface area contributed by atoms with Crippen molar-refractivity contribution in [3.05, 3.63) is 23.9 Å². The smallest absolute Gasteiger partial charge is 0.368 e. The number of amides is 3. The molecule has 134 valence electrons. The number of rotatable bonds is 6. The zero-order valence-electron chi connectivity index (χ0n) is 13.6. The van der Waals surface area contributed by atoms with Crippen molar-refractivity contribution in [1.29, 1.82) is 0 Å². The summed E-state index contributed by atoms with van der Waals surface area (Å²) in [6.45, 7) is 1.63. The topological polar surface area (TPSA) is 86.4 Å². The fraction of sp³-hybridized carbons (Fsp3) is 0.500. The van der Waals surface area contributed by atoms with E-state index in [4.69, 9.17) is 0 Å². The fourth-order valence-corrected chi connectivity index (χ4v) is 1.83. The number of carbonyl (C=O) groups excluding carboxylic acids is 2. The third kappa shape index (κ3) is 5.94. The first-order chi connectivity index (χ1) is 11.1. The highest BCUT2D eigenvalue weighted by molar-refractivity contribution is 5.86. The van der Waals surface area contributed by atoms with Gasteiger partial charge in [-0.25, -0.2) is 9.78 Å². The van der Waals surface area contributed by atoms with Crippen molar-refractivity contribution in [2.24, 2.45) is 0 Å². The van der Waals surface area contributed by atoms with E-state index in [-0.39, 0.29) is 24.8 Å². The Morgan fingerprint density at radius 3 is 2.54 bits per heavy atom. The number of pyridine rings is 1. The molecule has 3 amide bonds. The van der Waals surface area contributed by atoms with Crippen molar-refractivity contribution in [2.75, 3.05) is 32.5 Å². The minimum atomic E-state index is -4.51. The molecule has 0 aliphatic rings. The van der Waals surface area contributed by atoms with Crippen molar-refractivity contribution in [3.63, 3.8) is 0 Å². The maximum atomic E-state index is 12.8.